The Balaban J connectivity index is 1.70. The molecule has 30 heavy (non-hydrogen) atoms. The minimum atomic E-state index is -4.18. The van der Waals surface area contributed by atoms with Crippen LogP contribution in [0.5, 0.6) is 0 Å². The molecule has 1 heterocycles. The Morgan fingerprint density at radius 3 is 2.63 bits per heavy atom. The van der Waals surface area contributed by atoms with Gasteiger partial charge in [-0.1, -0.05) is 11.2 Å². The topological polar surface area (TPSA) is 111 Å². The summed E-state index contributed by atoms with van der Waals surface area (Å²) in [6, 6.07) is 8.17. The van der Waals surface area contributed by atoms with Gasteiger partial charge in [-0.05, 0) is 42.5 Å². The van der Waals surface area contributed by atoms with Gasteiger partial charge in [0.15, 0.2) is 6.61 Å². The van der Waals surface area contributed by atoms with Gasteiger partial charge in [0, 0.05) is 12.1 Å². The average molecular weight is 435 g/mol. The van der Waals surface area contributed by atoms with Crippen molar-refractivity contribution in [1.82, 2.24) is 14.9 Å². The van der Waals surface area contributed by atoms with Crippen LogP contribution in [0.3, 0.4) is 0 Å². The number of hydrogen-bond donors (Lipinski definition) is 1. The number of benzene rings is 2. The van der Waals surface area contributed by atoms with Crippen molar-refractivity contribution in [1.29, 1.82) is 0 Å². The number of nitrogens with one attached hydrogen (secondary N) is 1. The van der Waals surface area contributed by atoms with E-state index in [4.69, 9.17) is 9.26 Å². The number of ether oxygens (including phenoxy) is 1. The number of hydrogen-bond acceptors (Lipinski definition) is 7. The van der Waals surface area contributed by atoms with E-state index in [9.17, 15) is 22.0 Å². The van der Waals surface area contributed by atoms with Crippen LogP contribution in [0.15, 0.2) is 64.5 Å². The molecule has 0 spiro atoms. The minimum Gasteiger partial charge on any atom is -0.452 e. The Bertz CT molecular complexity index is 1180. The van der Waals surface area contributed by atoms with E-state index in [2.05, 4.69) is 21.4 Å². The van der Waals surface area contributed by atoms with Crippen LogP contribution in [0, 0.1) is 11.6 Å². The van der Waals surface area contributed by atoms with Gasteiger partial charge < -0.3 is 9.26 Å². The number of nitrogens with zero attached hydrogens (tertiary/aromatic N) is 2. The summed E-state index contributed by atoms with van der Waals surface area (Å²) in [5.74, 6) is -2.23. The molecular formula is C19H15F2N3O5S. The maximum atomic E-state index is 13.9. The molecule has 1 aromatic heterocycles. The van der Waals surface area contributed by atoms with Crippen LogP contribution in [-0.4, -0.2) is 31.1 Å². The normalized spacial score (nSPS) is 11.3. The first-order chi connectivity index (χ1) is 14.3. The molecule has 3 rings (SSSR count). The summed E-state index contributed by atoms with van der Waals surface area (Å²) in [7, 11) is -4.18. The molecular weight excluding hydrogens is 420 g/mol. The zero-order valence-corrected chi connectivity index (χ0v) is 16.2. The van der Waals surface area contributed by atoms with Crippen molar-refractivity contribution in [2.45, 2.75) is 11.5 Å². The van der Waals surface area contributed by atoms with Gasteiger partial charge in [-0.25, -0.2) is 26.7 Å². The summed E-state index contributed by atoms with van der Waals surface area (Å²) in [6.07, 6.45) is 1.29. The summed E-state index contributed by atoms with van der Waals surface area (Å²) in [6.45, 7) is 2.86. The van der Waals surface area contributed by atoms with Crippen LogP contribution in [0.4, 0.5) is 8.78 Å². The molecule has 11 heteroatoms. The van der Waals surface area contributed by atoms with Crippen molar-refractivity contribution < 1.29 is 31.3 Å². The first-order valence-electron chi connectivity index (χ1n) is 8.46. The average Bonchev–Trinajstić information content (AvgIpc) is 3.20. The zero-order chi connectivity index (χ0) is 21.7. The second kappa shape index (κ2) is 8.93. The van der Waals surface area contributed by atoms with Crippen LogP contribution in [-0.2, 0) is 21.4 Å². The molecule has 0 aliphatic heterocycles. The zero-order valence-electron chi connectivity index (χ0n) is 15.3. The summed E-state index contributed by atoms with van der Waals surface area (Å²) in [5, 5.41) is 3.71. The molecule has 0 aliphatic rings. The van der Waals surface area contributed by atoms with E-state index in [-0.39, 0.29) is 23.8 Å². The van der Waals surface area contributed by atoms with Gasteiger partial charge in [0.05, 0.1) is 5.56 Å². The lowest BCUT2D eigenvalue weighted by molar-refractivity contribution is 0.0429. The van der Waals surface area contributed by atoms with Gasteiger partial charge in [-0.2, -0.15) is 4.98 Å². The number of carbonyl (C=O) groups is 1. The number of sulfonamides is 1. The molecule has 0 fully saturated rings. The molecule has 3 aromatic rings. The van der Waals surface area contributed by atoms with E-state index in [1.54, 1.807) is 0 Å². The lowest BCUT2D eigenvalue weighted by Gasteiger charge is -2.08. The summed E-state index contributed by atoms with van der Waals surface area (Å²) < 4.78 is 63.3. The van der Waals surface area contributed by atoms with Crippen LogP contribution >= 0.6 is 0 Å². The van der Waals surface area contributed by atoms with Crippen molar-refractivity contribution >= 4 is 16.0 Å². The van der Waals surface area contributed by atoms with Crippen LogP contribution in [0.2, 0.25) is 0 Å². The van der Waals surface area contributed by atoms with Crippen molar-refractivity contribution in [2.75, 3.05) is 6.54 Å². The van der Waals surface area contributed by atoms with E-state index in [0.29, 0.717) is 5.56 Å². The SMILES string of the molecule is C=CCNS(=O)(=O)c1cc(C(=O)OCc2nc(-c3ccc(F)cc3)no2)ccc1F. The third kappa shape index (κ3) is 4.93. The van der Waals surface area contributed by atoms with Gasteiger partial charge in [-0.3, -0.25) is 0 Å². The first-order valence-corrected chi connectivity index (χ1v) is 9.94. The number of aromatic nitrogens is 2. The fourth-order valence-corrected chi connectivity index (χ4v) is 3.42. The maximum absolute atomic E-state index is 13.9. The summed E-state index contributed by atoms with van der Waals surface area (Å²) >= 11 is 0. The van der Waals surface area contributed by atoms with Crippen LogP contribution in [0.25, 0.3) is 11.4 Å². The lowest BCUT2D eigenvalue weighted by atomic mass is 10.2. The predicted molar refractivity (Wildman–Crippen MR) is 101 cm³/mol. The number of carbonyl (C=O) groups excluding carboxylic acids is 1. The summed E-state index contributed by atoms with van der Waals surface area (Å²) in [5.41, 5.74) is 0.312. The van der Waals surface area contributed by atoms with Gasteiger partial charge >= 0.3 is 5.97 Å². The highest BCUT2D eigenvalue weighted by Gasteiger charge is 2.21. The van der Waals surface area contributed by atoms with E-state index in [1.807, 2.05) is 0 Å². The van der Waals surface area contributed by atoms with E-state index >= 15 is 0 Å². The van der Waals surface area contributed by atoms with Crippen molar-refractivity contribution in [3.05, 3.63) is 78.2 Å². The molecule has 8 nitrogen and oxygen atoms in total. The van der Waals surface area contributed by atoms with Gasteiger partial charge in [0.2, 0.25) is 15.8 Å². The van der Waals surface area contributed by atoms with E-state index in [0.717, 1.165) is 18.2 Å². The molecule has 0 atom stereocenters. The Kier molecular flexibility index (Phi) is 6.33. The predicted octanol–water partition coefficient (Wildman–Crippen LogP) is 2.84. The third-order valence-corrected chi connectivity index (χ3v) is 5.21. The molecule has 0 unspecified atom stereocenters. The molecule has 0 saturated heterocycles. The molecule has 0 bridgehead atoms. The first kappa shape index (κ1) is 21.3. The molecule has 1 N–H and O–H groups in total. The molecule has 0 aliphatic carbocycles. The quantitative estimate of drug-likeness (QED) is 0.428. The Morgan fingerprint density at radius 1 is 1.20 bits per heavy atom. The molecule has 0 amide bonds. The maximum Gasteiger partial charge on any atom is 0.338 e. The monoisotopic (exact) mass is 435 g/mol. The van der Waals surface area contributed by atoms with Crippen LogP contribution in [0.1, 0.15) is 16.2 Å². The highest BCUT2D eigenvalue weighted by molar-refractivity contribution is 7.89. The summed E-state index contributed by atoms with van der Waals surface area (Å²) in [4.78, 5) is 15.6. The van der Waals surface area contributed by atoms with Gasteiger partial charge in [0.1, 0.15) is 16.5 Å². The highest BCUT2D eigenvalue weighted by Crippen LogP contribution is 2.19. The number of esters is 1. The van der Waals surface area contributed by atoms with E-state index < -0.39 is 39.1 Å². The molecule has 0 radical (unpaired) electrons. The second-order valence-corrected chi connectivity index (χ2v) is 7.62. The third-order valence-electron chi connectivity index (χ3n) is 3.77. The standard InChI is InChI=1S/C19H15F2N3O5S/c1-2-9-22-30(26,27)16-10-13(5-8-15(16)21)19(25)28-11-17-23-18(24-29-17)12-3-6-14(20)7-4-12/h2-8,10,22H,1,9,11H2. The Hall–Kier alpha value is -3.44. The fraction of sp³-hybridized carbons (Fsp3) is 0.105. The van der Waals surface area contributed by atoms with Gasteiger partial charge in [-0.15, -0.1) is 6.58 Å². The molecule has 2 aromatic carbocycles. The van der Waals surface area contributed by atoms with E-state index in [1.165, 1.54) is 30.3 Å². The lowest BCUT2D eigenvalue weighted by Crippen LogP contribution is -2.25. The van der Waals surface area contributed by atoms with Crippen molar-refractivity contribution in [3.63, 3.8) is 0 Å². The number of rotatable bonds is 8. The van der Waals surface area contributed by atoms with Crippen LogP contribution < -0.4 is 4.72 Å². The van der Waals surface area contributed by atoms with Gasteiger partial charge in [0.25, 0.3) is 5.89 Å². The van der Waals surface area contributed by atoms with Crippen molar-refractivity contribution in [3.8, 4) is 11.4 Å². The molecule has 156 valence electrons. The largest absolute Gasteiger partial charge is 0.452 e. The fourth-order valence-electron chi connectivity index (χ4n) is 2.32. The van der Waals surface area contributed by atoms with Crippen molar-refractivity contribution in [2.24, 2.45) is 0 Å². The Labute approximate surface area is 170 Å². The number of halogens is 2. The Morgan fingerprint density at radius 2 is 1.93 bits per heavy atom. The second-order valence-electron chi connectivity index (χ2n) is 5.88. The molecule has 0 saturated carbocycles. The minimum absolute atomic E-state index is 0.0368. The highest BCUT2D eigenvalue weighted by atomic mass is 32.2. The smallest absolute Gasteiger partial charge is 0.338 e.